The zero-order valence-electron chi connectivity index (χ0n) is 14.5. The smallest absolute Gasteiger partial charge is 0.314 e. The Morgan fingerprint density at radius 1 is 1.12 bits per heavy atom. The molecule has 2 aliphatic heterocycles. The molecule has 2 N–H and O–H groups in total. The number of aromatic nitrogens is 1. The van der Waals surface area contributed by atoms with Crippen LogP contribution in [-0.4, -0.2) is 45.9 Å². The topological polar surface area (TPSA) is 71.6 Å². The van der Waals surface area contributed by atoms with E-state index in [-0.39, 0.29) is 17.9 Å². The van der Waals surface area contributed by atoms with Crippen LogP contribution in [0.5, 0.6) is 0 Å². The van der Waals surface area contributed by atoms with Crippen molar-refractivity contribution in [3.8, 4) is 0 Å². The van der Waals surface area contributed by atoms with Crippen LogP contribution in [0.4, 0.5) is 4.79 Å². The third-order valence-corrected chi connectivity index (χ3v) is 5.44. The number of aryl methyl sites for hydroxylation is 1. The molecule has 1 aromatic rings. The molecule has 6 nitrogen and oxygen atoms in total. The number of piperidine rings is 1. The van der Waals surface area contributed by atoms with E-state index >= 15 is 0 Å². The van der Waals surface area contributed by atoms with E-state index in [1.54, 1.807) is 4.90 Å². The van der Waals surface area contributed by atoms with Gasteiger partial charge < -0.3 is 20.1 Å². The molecule has 2 fully saturated rings. The lowest BCUT2D eigenvalue weighted by molar-refractivity contribution is -0.139. The first-order valence-electron chi connectivity index (χ1n) is 9.04. The van der Waals surface area contributed by atoms with Crippen molar-refractivity contribution in [1.29, 1.82) is 0 Å². The zero-order valence-corrected chi connectivity index (χ0v) is 14.5. The summed E-state index contributed by atoms with van der Waals surface area (Å²) in [7, 11) is 2.04. The first-order chi connectivity index (χ1) is 11.6. The number of rotatable bonds is 2. The van der Waals surface area contributed by atoms with E-state index < -0.39 is 6.03 Å². The van der Waals surface area contributed by atoms with Gasteiger partial charge in [-0.25, -0.2) is 4.79 Å². The van der Waals surface area contributed by atoms with Gasteiger partial charge in [0.2, 0.25) is 5.91 Å². The number of likely N-dealkylation sites (tertiary alicyclic amines) is 2. The fourth-order valence-electron chi connectivity index (χ4n) is 4.11. The Bertz CT molecular complexity index is 598. The van der Waals surface area contributed by atoms with Gasteiger partial charge in [0, 0.05) is 38.6 Å². The van der Waals surface area contributed by atoms with E-state index in [1.807, 2.05) is 19.3 Å². The van der Waals surface area contributed by atoms with Crippen LogP contribution in [0.3, 0.4) is 0 Å². The van der Waals surface area contributed by atoms with Gasteiger partial charge in [-0.3, -0.25) is 4.79 Å². The predicted molar refractivity (Wildman–Crippen MR) is 92.2 cm³/mol. The number of carbonyl (C=O) groups is 2. The minimum atomic E-state index is -0.414. The lowest BCUT2D eigenvalue weighted by atomic mass is 9.95. The van der Waals surface area contributed by atoms with Crippen LogP contribution in [0, 0.1) is 5.92 Å². The van der Waals surface area contributed by atoms with Crippen molar-refractivity contribution < 1.29 is 9.59 Å². The van der Waals surface area contributed by atoms with Crippen LogP contribution in [0.2, 0.25) is 0 Å². The number of amides is 3. The SMILES string of the molecule is Cn1cccc1[C@@H]1CCCCCN1C(=O)[C@H]1CCCN(C(N)=O)C1. The first kappa shape index (κ1) is 16.9. The molecule has 1 aromatic heterocycles. The van der Waals surface area contributed by atoms with E-state index in [4.69, 9.17) is 5.73 Å². The average molecular weight is 332 g/mol. The Morgan fingerprint density at radius 3 is 2.67 bits per heavy atom. The molecule has 3 rings (SSSR count). The molecule has 24 heavy (non-hydrogen) atoms. The highest BCUT2D eigenvalue weighted by Gasteiger charge is 2.35. The second-order valence-electron chi connectivity index (χ2n) is 7.06. The quantitative estimate of drug-likeness (QED) is 0.902. The van der Waals surface area contributed by atoms with Gasteiger partial charge in [-0.1, -0.05) is 12.8 Å². The monoisotopic (exact) mass is 332 g/mol. The lowest BCUT2D eigenvalue weighted by Crippen LogP contribution is -2.49. The zero-order chi connectivity index (χ0) is 17.1. The largest absolute Gasteiger partial charge is 0.353 e. The van der Waals surface area contributed by atoms with Gasteiger partial charge >= 0.3 is 6.03 Å². The number of nitrogens with two attached hydrogens (primary N) is 1. The molecule has 6 heteroatoms. The minimum Gasteiger partial charge on any atom is -0.353 e. The highest BCUT2D eigenvalue weighted by atomic mass is 16.2. The van der Waals surface area contributed by atoms with Crippen molar-refractivity contribution in [2.75, 3.05) is 19.6 Å². The second-order valence-corrected chi connectivity index (χ2v) is 7.06. The molecule has 0 saturated carbocycles. The van der Waals surface area contributed by atoms with Crippen LogP contribution in [0.15, 0.2) is 18.3 Å². The van der Waals surface area contributed by atoms with Crippen molar-refractivity contribution in [1.82, 2.24) is 14.4 Å². The molecule has 2 atom stereocenters. The van der Waals surface area contributed by atoms with Gasteiger partial charge in [-0.05, 0) is 37.8 Å². The van der Waals surface area contributed by atoms with Crippen molar-refractivity contribution in [3.63, 3.8) is 0 Å². The number of hydrogen-bond donors (Lipinski definition) is 1. The summed E-state index contributed by atoms with van der Waals surface area (Å²) in [6, 6.07) is 3.89. The second kappa shape index (κ2) is 7.28. The number of nitrogens with zero attached hydrogens (tertiary/aromatic N) is 3. The maximum atomic E-state index is 13.2. The molecule has 3 amide bonds. The van der Waals surface area contributed by atoms with Crippen LogP contribution >= 0.6 is 0 Å². The third kappa shape index (κ3) is 3.42. The van der Waals surface area contributed by atoms with Gasteiger partial charge in [0.1, 0.15) is 0 Å². The predicted octanol–water partition coefficient (Wildman–Crippen LogP) is 2.26. The van der Waals surface area contributed by atoms with Crippen LogP contribution in [-0.2, 0) is 11.8 Å². The van der Waals surface area contributed by atoms with E-state index in [0.29, 0.717) is 13.1 Å². The maximum Gasteiger partial charge on any atom is 0.314 e. The number of hydrogen-bond acceptors (Lipinski definition) is 2. The number of primary amides is 1. The molecular weight excluding hydrogens is 304 g/mol. The minimum absolute atomic E-state index is 0.118. The van der Waals surface area contributed by atoms with Crippen molar-refractivity contribution in [2.45, 2.75) is 44.6 Å². The van der Waals surface area contributed by atoms with Crippen molar-refractivity contribution in [3.05, 3.63) is 24.0 Å². The third-order valence-electron chi connectivity index (χ3n) is 5.44. The first-order valence-corrected chi connectivity index (χ1v) is 9.04. The summed E-state index contributed by atoms with van der Waals surface area (Å²) in [6.45, 7) is 1.94. The van der Waals surface area contributed by atoms with Crippen molar-refractivity contribution >= 4 is 11.9 Å². The average Bonchev–Trinajstić information content (AvgIpc) is 2.86. The molecule has 132 valence electrons. The Morgan fingerprint density at radius 2 is 1.96 bits per heavy atom. The Balaban J connectivity index is 1.79. The lowest BCUT2D eigenvalue weighted by Gasteiger charge is -2.37. The van der Waals surface area contributed by atoms with Gasteiger partial charge in [0.05, 0.1) is 12.0 Å². The van der Waals surface area contributed by atoms with Crippen LogP contribution < -0.4 is 5.73 Å². The summed E-state index contributed by atoms with van der Waals surface area (Å²) in [6.07, 6.45) is 8.12. The summed E-state index contributed by atoms with van der Waals surface area (Å²) >= 11 is 0. The summed E-state index contributed by atoms with van der Waals surface area (Å²) in [5.41, 5.74) is 6.62. The van der Waals surface area contributed by atoms with Gasteiger partial charge in [-0.2, -0.15) is 0 Å². The molecule has 0 aliphatic carbocycles. The molecule has 3 heterocycles. The van der Waals surface area contributed by atoms with E-state index in [2.05, 4.69) is 15.5 Å². The standard InChI is InChI=1S/C18H28N4O2/c1-20-10-6-9-15(20)16-8-3-2-4-12-22(16)17(23)14-7-5-11-21(13-14)18(19)24/h6,9-10,14,16H,2-5,7-8,11-13H2,1H3,(H2,19,24)/t14-,16-/m0/s1. The van der Waals surface area contributed by atoms with Gasteiger partial charge in [0.25, 0.3) is 0 Å². The van der Waals surface area contributed by atoms with Crippen LogP contribution in [0.25, 0.3) is 0 Å². The van der Waals surface area contributed by atoms with Crippen molar-refractivity contribution in [2.24, 2.45) is 18.7 Å². The summed E-state index contributed by atoms with van der Waals surface area (Å²) in [5, 5.41) is 0. The maximum absolute atomic E-state index is 13.2. The fourth-order valence-corrected chi connectivity index (χ4v) is 4.11. The fraction of sp³-hybridized carbons (Fsp3) is 0.667. The number of urea groups is 1. The summed E-state index contributed by atoms with van der Waals surface area (Å²) < 4.78 is 2.12. The van der Waals surface area contributed by atoms with Crippen LogP contribution in [0.1, 0.15) is 50.3 Å². The van der Waals surface area contributed by atoms with E-state index in [9.17, 15) is 9.59 Å². The summed E-state index contributed by atoms with van der Waals surface area (Å²) in [4.78, 5) is 28.4. The molecule has 0 aromatic carbocycles. The molecule has 0 spiro atoms. The Hall–Kier alpha value is -1.98. The Labute approximate surface area is 143 Å². The highest BCUT2D eigenvalue weighted by Crippen LogP contribution is 2.32. The molecule has 0 radical (unpaired) electrons. The Kier molecular flexibility index (Phi) is 5.11. The van der Waals surface area contributed by atoms with E-state index in [0.717, 1.165) is 38.6 Å². The molecule has 0 bridgehead atoms. The normalized spacial score (nSPS) is 25.4. The molecule has 2 aliphatic rings. The summed E-state index contributed by atoms with van der Waals surface area (Å²) in [5.74, 6) is 0.0705. The van der Waals surface area contributed by atoms with E-state index in [1.165, 1.54) is 12.1 Å². The molecule has 0 unspecified atom stereocenters. The van der Waals surface area contributed by atoms with Gasteiger partial charge in [0.15, 0.2) is 0 Å². The van der Waals surface area contributed by atoms with Gasteiger partial charge in [-0.15, -0.1) is 0 Å². The number of carbonyl (C=O) groups excluding carboxylic acids is 2. The molecule has 2 saturated heterocycles. The highest BCUT2D eigenvalue weighted by molar-refractivity contribution is 5.81. The molecular formula is C18H28N4O2.